The molecule has 18 nitrogen and oxygen atoms in total. The smallest absolute Gasteiger partial charge is 0.325 e. The van der Waals surface area contributed by atoms with Gasteiger partial charge in [0.2, 0.25) is 0 Å². The van der Waals surface area contributed by atoms with Gasteiger partial charge in [0.15, 0.2) is 16.2 Å². The van der Waals surface area contributed by atoms with Crippen LogP contribution in [0.1, 0.15) is 61.0 Å². The van der Waals surface area contributed by atoms with Crippen molar-refractivity contribution in [3.05, 3.63) is 69.7 Å². The van der Waals surface area contributed by atoms with Crippen LogP contribution < -0.4 is 53.2 Å². The fourth-order valence-corrected chi connectivity index (χ4v) is 7.63. The van der Waals surface area contributed by atoms with Gasteiger partial charge in [-0.3, -0.25) is 15.4 Å². The van der Waals surface area contributed by atoms with Gasteiger partial charge in [0, 0.05) is 36.9 Å². The van der Waals surface area contributed by atoms with Crippen LogP contribution in [0.2, 0.25) is 0 Å². The Morgan fingerprint density at radius 1 is 0.690 bits per heavy atom. The maximum Gasteiger partial charge on any atom is 0.325 e. The average molecular weight is 834 g/mol. The van der Waals surface area contributed by atoms with Crippen LogP contribution >= 0.6 is 22.7 Å². The quantitative estimate of drug-likeness (QED) is 0.0606. The number of urea groups is 3. The predicted molar refractivity (Wildman–Crippen MR) is 231 cm³/mol. The molecule has 2 aliphatic rings. The molecule has 6 amide bonds. The van der Waals surface area contributed by atoms with Gasteiger partial charge in [-0.1, -0.05) is 12.1 Å². The molecule has 0 saturated carbocycles. The number of benzene rings is 2. The number of carbonyl (C=O) groups excluding carboxylic acids is 3. The summed E-state index contributed by atoms with van der Waals surface area (Å²) in [7, 11) is 0. The van der Waals surface area contributed by atoms with Crippen LogP contribution in [-0.4, -0.2) is 77.8 Å². The summed E-state index contributed by atoms with van der Waals surface area (Å²) >= 11 is 2.56. The minimum atomic E-state index is -1.13. The number of hydrogen-bond donors (Lipinski definition) is 9. The van der Waals surface area contributed by atoms with E-state index in [9.17, 15) is 19.2 Å². The number of carboxylic acids is 1. The lowest BCUT2D eigenvalue weighted by Crippen LogP contribution is -2.38. The number of aliphatic carboxylic acids is 1. The number of nitrogens with zero attached hydrogens (tertiary/aromatic N) is 5. The number of thiazole rings is 2. The van der Waals surface area contributed by atoms with Crippen molar-refractivity contribution in [1.29, 1.82) is 0 Å². The summed E-state index contributed by atoms with van der Waals surface area (Å²) in [5.41, 5.74) is 17.8. The normalized spacial score (nSPS) is 13.6. The molecule has 2 aromatic heterocycles. The zero-order chi connectivity index (χ0) is 41.4. The molecule has 310 valence electrons. The summed E-state index contributed by atoms with van der Waals surface area (Å²) < 4.78 is 0. The van der Waals surface area contributed by atoms with Gasteiger partial charge in [-0.15, -0.1) is 22.7 Å². The second kappa shape index (κ2) is 21.4. The Balaban J connectivity index is 0.000000223. The van der Waals surface area contributed by atoms with Crippen LogP contribution in [0.25, 0.3) is 0 Å². The van der Waals surface area contributed by atoms with Gasteiger partial charge in [0.1, 0.15) is 6.54 Å². The molecule has 0 aliphatic carbocycles. The Morgan fingerprint density at radius 2 is 1.17 bits per heavy atom. The van der Waals surface area contributed by atoms with Gasteiger partial charge in [0.05, 0.1) is 47.2 Å². The second-order valence-corrected chi connectivity index (χ2v) is 15.5. The minimum absolute atomic E-state index is 0.0138. The molecule has 0 unspecified atom stereocenters. The number of anilines is 6. The third kappa shape index (κ3) is 13.8. The number of aromatic nitrogens is 2. The summed E-state index contributed by atoms with van der Waals surface area (Å²) in [5, 5.41) is 29.0. The van der Waals surface area contributed by atoms with E-state index in [1.54, 1.807) is 5.38 Å². The first-order valence-corrected chi connectivity index (χ1v) is 20.7. The zero-order valence-corrected chi connectivity index (χ0v) is 34.2. The Kier molecular flexibility index (Phi) is 15.9. The van der Waals surface area contributed by atoms with Crippen molar-refractivity contribution >= 4 is 85.7 Å². The van der Waals surface area contributed by atoms with Gasteiger partial charge in [-0.25, -0.2) is 29.3 Å². The number of amides is 6. The lowest BCUT2D eigenvalue weighted by Gasteiger charge is -2.30. The SMILES string of the molecule is Cc1ccc(NC(=O)Nc2nc(CN=C(N)N)cs2)c(N2CCCCC2)c1.Cc1ccc(NC(=O)Nc2nc(CNC(=O)NCC(=O)O)cs2)c(N2CCCCC2)c1. The average Bonchev–Trinajstić information content (AvgIpc) is 3.86. The third-order valence-electron chi connectivity index (χ3n) is 8.99. The fourth-order valence-electron chi connectivity index (χ4n) is 6.23. The summed E-state index contributed by atoms with van der Waals surface area (Å²) in [6.45, 7) is 8.01. The highest BCUT2D eigenvalue weighted by molar-refractivity contribution is 7.14. The number of rotatable bonds is 12. The van der Waals surface area contributed by atoms with Crippen molar-refractivity contribution in [2.24, 2.45) is 16.5 Å². The summed E-state index contributed by atoms with van der Waals surface area (Å²) in [6.07, 6.45) is 7.13. The van der Waals surface area contributed by atoms with E-state index in [2.05, 4.69) is 75.7 Å². The van der Waals surface area contributed by atoms with Gasteiger partial charge in [0.25, 0.3) is 0 Å². The molecule has 58 heavy (non-hydrogen) atoms. The summed E-state index contributed by atoms with van der Waals surface area (Å²) in [6, 6.07) is 10.7. The molecule has 2 aromatic carbocycles. The Morgan fingerprint density at radius 3 is 1.66 bits per heavy atom. The third-order valence-corrected chi connectivity index (χ3v) is 10.6. The number of aliphatic imine (C=N–C) groups is 1. The molecule has 20 heteroatoms. The van der Waals surface area contributed by atoms with Gasteiger partial charge in [-0.2, -0.15) is 0 Å². The van der Waals surface area contributed by atoms with Crippen molar-refractivity contribution in [2.75, 3.05) is 63.8 Å². The lowest BCUT2D eigenvalue weighted by molar-refractivity contribution is -0.135. The molecular formula is C38H51N13O5S2. The second-order valence-electron chi connectivity index (χ2n) is 13.8. The van der Waals surface area contributed by atoms with E-state index < -0.39 is 24.6 Å². The van der Waals surface area contributed by atoms with E-state index in [1.807, 2.05) is 36.6 Å². The van der Waals surface area contributed by atoms with Crippen molar-refractivity contribution in [2.45, 2.75) is 65.5 Å². The number of piperidine rings is 2. The number of carboxylic acid groups (broad SMARTS) is 1. The number of carbonyl (C=O) groups is 4. The lowest BCUT2D eigenvalue weighted by atomic mass is 10.1. The highest BCUT2D eigenvalue weighted by Gasteiger charge is 2.19. The molecule has 2 fully saturated rings. The highest BCUT2D eigenvalue weighted by atomic mass is 32.1. The van der Waals surface area contributed by atoms with Crippen LogP contribution in [0.4, 0.5) is 47.4 Å². The summed E-state index contributed by atoms with van der Waals surface area (Å²) in [4.78, 5) is 64.0. The number of hydrogen-bond acceptors (Lipinski definition) is 11. The van der Waals surface area contributed by atoms with Crippen LogP contribution in [-0.2, 0) is 17.9 Å². The maximum atomic E-state index is 12.5. The first kappa shape index (κ1) is 43.0. The van der Waals surface area contributed by atoms with Crippen LogP contribution in [0, 0.1) is 13.8 Å². The fraction of sp³-hybridized carbons (Fsp3) is 0.395. The summed E-state index contributed by atoms with van der Waals surface area (Å²) in [5.74, 6) is -1.11. The zero-order valence-electron chi connectivity index (χ0n) is 32.6. The topological polar surface area (TPSA) is 257 Å². The monoisotopic (exact) mass is 833 g/mol. The number of nitrogens with one attached hydrogen (secondary N) is 6. The molecule has 2 saturated heterocycles. The molecule has 0 radical (unpaired) electrons. The van der Waals surface area contributed by atoms with Gasteiger partial charge < -0.3 is 47.6 Å². The number of guanidine groups is 1. The first-order valence-electron chi connectivity index (χ1n) is 19.0. The van der Waals surface area contributed by atoms with Crippen molar-refractivity contribution in [3.8, 4) is 0 Å². The van der Waals surface area contributed by atoms with Crippen LogP contribution in [0.3, 0.4) is 0 Å². The first-order chi connectivity index (χ1) is 27.9. The molecule has 0 bridgehead atoms. The predicted octanol–water partition coefficient (Wildman–Crippen LogP) is 5.83. The van der Waals surface area contributed by atoms with Crippen molar-refractivity contribution in [3.63, 3.8) is 0 Å². The molecule has 4 aromatic rings. The van der Waals surface area contributed by atoms with Crippen molar-refractivity contribution < 1.29 is 24.3 Å². The molecule has 4 heterocycles. The highest BCUT2D eigenvalue weighted by Crippen LogP contribution is 2.31. The van der Waals surface area contributed by atoms with E-state index in [1.165, 1.54) is 53.9 Å². The molecule has 11 N–H and O–H groups in total. The van der Waals surface area contributed by atoms with Gasteiger partial charge in [-0.05, 0) is 87.8 Å². The largest absolute Gasteiger partial charge is 0.480 e. The number of aryl methyl sites for hydroxylation is 2. The Bertz CT molecular complexity index is 2050. The minimum Gasteiger partial charge on any atom is -0.480 e. The molecule has 0 atom stereocenters. The van der Waals surface area contributed by atoms with Crippen LogP contribution in [0.15, 0.2) is 52.2 Å². The van der Waals surface area contributed by atoms with Crippen LogP contribution in [0.5, 0.6) is 0 Å². The standard InChI is InChI=1S/C20H26N6O4S.C18H25N7OS/c1-13-5-6-15(16(9-13)26-7-3-2-4-8-26)24-19(30)25-20-23-14(12-31-20)10-21-18(29)22-11-17(27)28;1-12-5-6-14(15(9-12)25-7-3-2-4-8-25)23-17(26)24-18-22-13(11-27-18)10-21-16(19)20/h5-6,9,12H,2-4,7-8,10-11H2,1H3,(H,27,28)(H2,21,22,29)(H2,23,24,25,30);5-6,9,11H,2-4,7-8,10H2,1H3,(H4,19,20,21)(H2,22,23,24,26). The molecule has 0 spiro atoms. The van der Waals surface area contributed by atoms with Crippen molar-refractivity contribution in [1.82, 2.24) is 20.6 Å². The Hall–Kier alpha value is -6.15. The van der Waals surface area contributed by atoms with E-state index in [0.717, 1.165) is 67.3 Å². The van der Waals surface area contributed by atoms with E-state index in [4.69, 9.17) is 16.6 Å². The molecular weight excluding hydrogens is 783 g/mol. The molecule has 2 aliphatic heterocycles. The maximum absolute atomic E-state index is 12.5. The number of nitrogens with two attached hydrogens (primary N) is 2. The Labute approximate surface area is 344 Å². The van der Waals surface area contributed by atoms with Gasteiger partial charge >= 0.3 is 24.1 Å². The van der Waals surface area contributed by atoms with E-state index >= 15 is 0 Å². The van der Waals surface area contributed by atoms with E-state index in [-0.39, 0.29) is 18.5 Å². The van der Waals surface area contributed by atoms with E-state index in [0.29, 0.717) is 28.2 Å². The molecule has 6 rings (SSSR count).